The van der Waals surface area contributed by atoms with E-state index >= 15 is 0 Å². The topological polar surface area (TPSA) is 95.9 Å². The van der Waals surface area contributed by atoms with E-state index in [0.29, 0.717) is 5.69 Å². The van der Waals surface area contributed by atoms with Crippen molar-refractivity contribution in [2.45, 2.75) is 30.4 Å². The van der Waals surface area contributed by atoms with Crippen molar-refractivity contribution in [2.24, 2.45) is 4.40 Å². The lowest BCUT2D eigenvalue weighted by atomic mass is 10.2. The maximum Gasteiger partial charge on any atom is 0.284 e. The van der Waals surface area contributed by atoms with Gasteiger partial charge in [0.2, 0.25) is 11.8 Å². The number of hydrogen-bond donors (Lipinski definition) is 1. The molecule has 7 nitrogen and oxygen atoms in total. The van der Waals surface area contributed by atoms with Crippen LogP contribution in [0, 0.1) is 6.92 Å². The zero-order chi connectivity index (χ0) is 21.0. The Kier molecular flexibility index (Phi) is 6.39. The first-order chi connectivity index (χ1) is 13.8. The highest BCUT2D eigenvalue weighted by molar-refractivity contribution is 8.16. The third kappa shape index (κ3) is 5.04. The van der Waals surface area contributed by atoms with Gasteiger partial charge in [-0.05, 0) is 38.1 Å². The number of hydrogen-bond acceptors (Lipinski definition) is 5. The van der Waals surface area contributed by atoms with Crippen LogP contribution in [0.5, 0.6) is 0 Å². The number of benzene rings is 2. The number of carbonyl (C=O) groups excluding carboxylic acids is 2. The molecule has 0 spiro atoms. The van der Waals surface area contributed by atoms with Crippen LogP contribution in [0.4, 0.5) is 5.69 Å². The van der Waals surface area contributed by atoms with Crippen LogP contribution < -0.4 is 5.32 Å². The van der Waals surface area contributed by atoms with Gasteiger partial charge in [-0.25, -0.2) is 0 Å². The molecule has 1 atom stereocenters. The van der Waals surface area contributed by atoms with E-state index in [2.05, 4.69) is 9.71 Å². The Morgan fingerprint density at radius 1 is 1.14 bits per heavy atom. The third-order valence-corrected chi connectivity index (χ3v) is 6.85. The maximum atomic E-state index is 12.7. The molecule has 3 rings (SSSR count). The molecule has 1 heterocycles. The van der Waals surface area contributed by atoms with Gasteiger partial charge in [0.25, 0.3) is 10.0 Å². The van der Waals surface area contributed by atoms with Gasteiger partial charge in [-0.3, -0.25) is 14.5 Å². The molecule has 1 aliphatic heterocycles. The van der Waals surface area contributed by atoms with Crippen LogP contribution in [-0.2, 0) is 19.6 Å². The van der Waals surface area contributed by atoms with Crippen LogP contribution >= 0.6 is 11.8 Å². The fourth-order valence-electron chi connectivity index (χ4n) is 2.77. The van der Waals surface area contributed by atoms with Crippen LogP contribution in [0.2, 0.25) is 0 Å². The Morgan fingerprint density at radius 3 is 2.41 bits per heavy atom. The summed E-state index contributed by atoms with van der Waals surface area (Å²) in [6, 6.07) is 15.1. The number of nitrogens with one attached hydrogen (secondary N) is 1. The summed E-state index contributed by atoms with van der Waals surface area (Å²) in [6.45, 7) is 3.95. The van der Waals surface area contributed by atoms with Crippen molar-refractivity contribution in [3.63, 3.8) is 0 Å². The molecule has 0 radical (unpaired) electrons. The first kappa shape index (κ1) is 21.1. The van der Waals surface area contributed by atoms with Gasteiger partial charge < -0.3 is 5.32 Å². The molecule has 2 aromatic carbocycles. The van der Waals surface area contributed by atoms with E-state index in [0.717, 1.165) is 17.3 Å². The van der Waals surface area contributed by atoms with Gasteiger partial charge in [-0.2, -0.15) is 8.42 Å². The Labute approximate surface area is 174 Å². The minimum absolute atomic E-state index is 0.0529. The minimum Gasteiger partial charge on any atom is -0.326 e. The van der Waals surface area contributed by atoms with Crippen LogP contribution in [0.3, 0.4) is 0 Å². The number of amides is 2. The number of sulfonamides is 1. The molecule has 1 aliphatic rings. The van der Waals surface area contributed by atoms with Crippen molar-refractivity contribution in [2.75, 3.05) is 11.9 Å². The predicted molar refractivity (Wildman–Crippen MR) is 114 cm³/mol. The molecule has 0 aliphatic carbocycles. The van der Waals surface area contributed by atoms with E-state index in [9.17, 15) is 18.0 Å². The van der Waals surface area contributed by atoms with Crippen molar-refractivity contribution in [3.8, 4) is 0 Å². The molecular formula is C20H21N3O4S2. The Balaban J connectivity index is 1.74. The van der Waals surface area contributed by atoms with Gasteiger partial charge in [0.15, 0.2) is 5.17 Å². The first-order valence-electron chi connectivity index (χ1n) is 9.04. The second kappa shape index (κ2) is 8.79. The van der Waals surface area contributed by atoms with Gasteiger partial charge in [0.1, 0.15) is 5.25 Å². The van der Waals surface area contributed by atoms with Crippen molar-refractivity contribution in [1.29, 1.82) is 0 Å². The lowest BCUT2D eigenvalue weighted by Gasteiger charge is -2.13. The number of anilines is 1. The second-order valence-corrected chi connectivity index (χ2v) is 9.24. The molecule has 1 N–H and O–H groups in total. The van der Waals surface area contributed by atoms with Crippen LogP contribution in [0.1, 0.15) is 18.9 Å². The van der Waals surface area contributed by atoms with E-state index in [4.69, 9.17) is 0 Å². The average Bonchev–Trinajstić information content (AvgIpc) is 2.97. The van der Waals surface area contributed by atoms with Gasteiger partial charge in [-0.15, -0.1) is 4.40 Å². The Bertz CT molecular complexity index is 1040. The van der Waals surface area contributed by atoms with E-state index in [1.54, 1.807) is 37.3 Å². The average molecular weight is 432 g/mol. The Hall–Kier alpha value is -2.65. The number of aryl methyl sites for hydroxylation is 1. The summed E-state index contributed by atoms with van der Waals surface area (Å²) in [5.74, 6) is -0.638. The molecule has 2 aromatic rings. The molecule has 0 saturated carbocycles. The summed E-state index contributed by atoms with van der Waals surface area (Å²) in [6.07, 6.45) is -0.0711. The summed E-state index contributed by atoms with van der Waals surface area (Å²) in [5, 5.41) is 2.13. The number of nitrogens with zero attached hydrogens (tertiary/aromatic N) is 2. The van der Waals surface area contributed by atoms with Crippen LogP contribution in [0.15, 0.2) is 63.9 Å². The number of carbonyl (C=O) groups is 2. The van der Waals surface area contributed by atoms with Gasteiger partial charge in [0.05, 0.1) is 4.90 Å². The summed E-state index contributed by atoms with van der Waals surface area (Å²) in [4.78, 5) is 26.4. The largest absolute Gasteiger partial charge is 0.326 e. The van der Waals surface area contributed by atoms with Crippen LogP contribution in [-0.4, -0.2) is 42.1 Å². The number of rotatable bonds is 6. The maximum absolute atomic E-state index is 12.7. The molecule has 29 heavy (non-hydrogen) atoms. The summed E-state index contributed by atoms with van der Waals surface area (Å²) < 4.78 is 28.9. The van der Waals surface area contributed by atoms with Crippen molar-refractivity contribution in [1.82, 2.24) is 4.90 Å². The van der Waals surface area contributed by atoms with E-state index in [1.807, 2.05) is 19.1 Å². The van der Waals surface area contributed by atoms with Crippen LogP contribution in [0.25, 0.3) is 0 Å². The Morgan fingerprint density at radius 2 is 1.79 bits per heavy atom. The quantitative estimate of drug-likeness (QED) is 0.758. The van der Waals surface area contributed by atoms with Gasteiger partial charge in [0, 0.05) is 18.7 Å². The molecule has 9 heteroatoms. The molecule has 0 unspecified atom stereocenters. The van der Waals surface area contributed by atoms with Crippen molar-refractivity contribution >= 4 is 44.5 Å². The minimum atomic E-state index is -3.94. The fraction of sp³-hybridized carbons (Fsp3) is 0.250. The highest BCUT2D eigenvalue weighted by atomic mass is 32.2. The smallest absolute Gasteiger partial charge is 0.284 e. The zero-order valence-electron chi connectivity index (χ0n) is 16.0. The molecule has 0 aromatic heterocycles. The first-order valence-corrected chi connectivity index (χ1v) is 11.4. The second-order valence-electron chi connectivity index (χ2n) is 6.47. The molecule has 0 bridgehead atoms. The lowest BCUT2D eigenvalue weighted by molar-refractivity contribution is -0.128. The third-order valence-electron chi connectivity index (χ3n) is 4.28. The van der Waals surface area contributed by atoms with Gasteiger partial charge in [-0.1, -0.05) is 47.7 Å². The molecule has 1 saturated heterocycles. The molecule has 2 amide bonds. The standard InChI is InChI=1S/C20H21N3O4S2/c1-3-23-19(25)17(13-18(24)21-15-11-9-14(2)10-12-15)28-20(23)22-29(26,27)16-7-5-4-6-8-16/h4-12,17H,3,13H2,1-2H3,(H,21,24)/t17-/m0/s1. The van der Waals surface area contributed by atoms with E-state index in [-0.39, 0.29) is 34.8 Å². The lowest BCUT2D eigenvalue weighted by Crippen LogP contribution is -2.33. The summed E-state index contributed by atoms with van der Waals surface area (Å²) >= 11 is 1.00. The normalized spacial score (nSPS) is 18.3. The number of amidine groups is 1. The number of thioether (sulfide) groups is 1. The SMILES string of the molecule is CCN1C(=O)[C@H](CC(=O)Nc2ccc(C)cc2)SC1=NS(=O)(=O)c1ccccc1. The van der Waals surface area contributed by atoms with Gasteiger partial charge >= 0.3 is 0 Å². The van der Waals surface area contributed by atoms with E-state index in [1.165, 1.54) is 17.0 Å². The molecular weight excluding hydrogens is 410 g/mol. The highest BCUT2D eigenvalue weighted by Crippen LogP contribution is 2.31. The monoisotopic (exact) mass is 431 g/mol. The highest BCUT2D eigenvalue weighted by Gasteiger charge is 2.39. The zero-order valence-corrected chi connectivity index (χ0v) is 17.7. The molecule has 1 fully saturated rings. The predicted octanol–water partition coefficient (Wildman–Crippen LogP) is 3.03. The van der Waals surface area contributed by atoms with Crippen molar-refractivity contribution < 1.29 is 18.0 Å². The molecule has 152 valence electrons. The fourth-order valence-corrected chi connectivity index (χ4v) is 5.21. The van der Waals surface area contributed by atoms with Crippen molar-refractivity contribution in [3.05, 3.63) is 60.2 Å². The van der Waals surface area contributed by atoms with E-state index < -0.39 is 15.3 Å². The summed E-state index contributed by atoms with van der Waals surface area (Å²) in [5.41, 5.74) is 1.72. The summed E-state index contributed by atoms with van der Waals surface area (Å²) in [7, 11) is -3.94.